The molecule has 2 aliphatic heterocycles. The van der Waals surface area contributed by atoms with Crippen LogP contribution in [-0.2, 0) is 9.57 Å². The number of nitrogens with zero attached hydrogens (tertiary/aromatic N) is 1. The van der Waals surface area contributed by atoms with Crippen molar-refractivity contribution >= 4 is 0 Å². The summed E-state index contributed by atoms with van der Waals surface area (Å²) in [6.07, 6.45) is 8.16. The molecule has 2 saturated heterocycles. The average molecular weight is 280 g/mol. The van der Waals surface area contributed by atoms with Gasteiger partial charge < -0.3 is 14.5 Å². The maximum absolute atomic E-state index is 6.42. The highest BCUT2D eigenvalue weighted by Crippen LogP contribution is 2.44. The maximum atomic E-state index is 6.42. The summed E-state index contributed by atoms with van der Waals surface area (Å²) in [4.78, 5) is 7.60. The number of hydrogen-bond donors (Lipinski definition) is 1. The van der Waals surface area contributed by atoms with Crippen LogP contribution in [0.2, 0.25) is 0 Å². The normalized spacial score (nSPS) is 38.9. The van der Waals surface area contributed by atoms with Gasteiger partial charge in [-0.05, 0) is 31.8 Å². The SMILES string of the molecule is C=CC=CC1CC2(CN(CC)CCC2C)OC1NOC. The van der Waals surface area contributed by atoms with E-state index in [1.807, 2.05) is 12.2 Å². The zero-order valence-corrected chi connectivity index (χ0v) is 13.0. The molecular formula is C16H28N2O2. The first-order valence-electron chi connectivity index (χ1n) is 7.63. The Kier molecular flexibility index (Phi) is 5.38. The highest BCUT2D eigenvalue weighted by molar-refractivity contribution is 5.09. The maximum Gasteiger partial charge on any atom is 0.137 e. The Hall–Kier alpha value is -0.680. The summed E-state index contributed by atoms with van der Waals surface area (Å²) in [6.45, 7) is 11.6. The van der Waals surface area contributed by atoms with Gasteiger partial charge in [-0.25, -0.2) is 0 Å². The van der Waals surface area contributed by atoms with Crippen LogP contribution in [0.4, 0.5) is 0 Å². The smallest absolute Gasteiger partial charge is 0.137 e. The standard InChI is InChI=1S/C16H28N2O2/c1-5-7-8-14-11-16(20-15(14)17-19-4)12-18(6-2)10-9-13(16)3/h5,7-8,13-15,17H,1,6,9-12H2,2-4H3. The molecule has 4 unspecified atom stereocenters. The first-order chi connectivity index (χ1) is 9.65. The molecule has 4 nitrogen and oxygen atoms in total. The number of hydrogen-bond acceptors (Lipinski definition) is 4. The van der Waals surface area contributed by atoms with Crippen LogP contribution in [0, 0.1) is 11.8 Å². The number of likely N-dealkylation sites (tertiary alicyclic amines) is 1. The zero-order chi connectivity index (χ0) is 14.6. The monoisotopic (exact) mass is 280 g/mol. The van der Waals surface area contributed by atoms with Gasteiger partial charge in [0.15, 0.2) is 0 Å². The van der Waals surface area contributed by atoms with Gasteiger partial charge in [-0.15, -0.1) is 0 Å². The predicted octanol–water partition coefficient (Wildman–Crippen LogP) is 2.34. The molecule has 114 valence electrons. The van der Waals surface area contributed by atoms with E-state index in [2.05, 4.69) is 36.9 Å². The molecule has 0 bridgehead atoms. The highest BCUT2D eigenvalue weighted by Gasteiger charge is 2.51. The van der Waals surface area contributed by atoms with E-state index in [0.29, 0.717) is 11.8 Å². The number of allylic oxidation sites excluding steroid dienone is 2. The molecule has 1 spiro atoms. The molecule has 20 heavy (non-hydrogen) atoms. The van der Waals surface area contributed by atoms with Gasteiger partial charge in [0.05, 0.1) is 12.7 Å². The largest absolute Gasteiger partial charge is 0.353 e. The molecule has 2 aliphatic rings. The fourth-order valence-corrected chi connectivity index (χ4v) is 3.45. The number of hydroxylamine groups is 1. The van der Waals surface area contributed by atoms with E-state index in [1.54, 1.807) is 7.11 Å². The quantitative estimate of drug-likeness (QED) is 0.619. The summed E-state index contributed by atoms with van der Waals surface area (Å²) in [5.41, 5.74) is 2.95. The molecule has 2 fully saturated rings. The van der Waals surface area contributed by atoms with Crippen molar-refractivity contribution in [1.29, 1.82) is 0 Å². The first-order valence-corrected chi connectivity index (χ1v) is 7.63. The minimum absolute atomic E-state index is 0.0549. The molecule has 0 radical (unpaired) electrons. The average Bonchev–Trinajstić information content (AvgIpc) is 2.79. The molecular weight excluding hydrogens is 252 g/mol. The minimum atomic E-state index is -0.0737. The Morgan fingerprint density at radius 1 is 1.55 bits per heavy atom. The summed E-state index contributed by atoms with van der Waals surface area (Å²) in [5.74, 6) is 0.904. The van der Waals surface area contributed by atoms with Gasteiger partial charge in [-0.2, -0.15) is 5.48 Å². The van der Waals surface area contributed by atoms with Gasteiger partial charge in [0.1, 0.15) is 6.23 Å². The third-order valence-corrected chi connectivity index (χ3v) is 4.78. The molecule has 0 aromatic carbocycles. The Labute approximate surface area is 122 Å². The Balaban J connectivity index is 2.15. The van der Waals surface area contributed by atoms with E-state index in [1.165, 1.54) is 13.0 Å². The molecule has 1 N–H and O–H groups in total. The van der Waals surface area contributed by atoms with E-state index < -0.39 is 0 Å². The van der Waals surface area contributed by atoms with Gasteiger partial charge >= 0.3 is 0 Å². The summed E-state index contributed by atoms with van der Waals surface area (Å²) in [5, 5.41) is 0. The number of rotatable bonds is 5. The molecule has 2 rings (SSSR count). The molecule has 0 aliphatic carbocycles. The molecule has 4 heteroatoms. The summed E-state index contributed by atoms with van der Waals surface area (Å²) < 4.78 is 6.42. The third-order valence-electron chi connectivity index (χ3n) is 4.78. The molecule has 0 saturated carbocycles. The van der Waals surface area contributed by atoms with Crippen molar-refractivity contribution in [3.05, 3.63) is 24.8 Å². The fourth-order valence-electron chi connectivity index (χ4n) is 3.45. The van der Waals surface area contributed by atoms with Crippen LogP contribution in [0.5, 0.6) is 0 Å². The van der Waals surface area contributed by atoms with E-state index in [-0.39, 0.29) is 11.8 Å². The van der Waals surface area contributed by atoms with E-state index in [9.17, 15) is 0 Å². The van der Waals surface area contributed by atoms with Crippen molar-refractivity contribution in [2.45, 2.75) is 38.5 Å². The lowest BCUT2D eigenvalue weighted by atomic mass is 9.78. The second kappa shape index (κ2) is 6.85. The van der Waals surface area contributed by atoms with Gasteiger partial charge in [0.2, 0.25) is 0 Å². The second-order valence-corrected chi connectivity index (χ2v) is 5.97. The number of likely N-dealkylation sites (N-methyl/N-ethyl adjacent to an activating group) is 1. The fraction of sp³-hybridized carbons (Fsp3) is 0.750. The van der Waals surface area contributed by atoms with Gasteiger partial charge in [0.25, 0.3) is 0 Å². The third kappa shape index (κ3) is 3.14. The number of ether oxygens (including phenoxy) is 1. The zero-order valence-electron chi connectivity index (χ0n) is 13.0. The second-order valence-electron chi connectivity index (χ2n) is 5.97. The van der Waals surface area contributed by atoms with Crippen molar-refractivity contribution in [3.8, 4) is 0 Å². The van der Waals surface area contributed by atoms with Gasteiger partial charge in [0, 0.05) is 12.5 Å². The van der Waals surface area contributed by atoms with Crippen molar-refractivity contribution < 1.29 is 9.57 Å². The molecule has 0 aromatic rings. The lowest BCUT2D eigenvalue weighted by Gasteiger charge is -2.44. The lowest BCUT2D eigenvalue weighted by Crippen LogP contribution is -2.53. The Bertz CT molecular complexity index is 358. The van der Waals surface area contributed by atoms with Crippen molar-refractivity contribution in [3.63, 3.8) is 0 Å². The van der Waals surface area contributed by atoms with E-state index in [4.69, 9.17) is 9.57 Å². The van der Waals surface area contributed by atoms with Crippen LogP contribution in [0.15, 0.2) is 24.8 Å². The number of nitrogens with one attached hydrogen (secondary N) is 1. The molecule has 0 aromatic heterocycles. The van der Waals surface area contributed by atoms with E-state index >= 15 is 0 Å². The highest BCUT2D eigenvalue weighted by atomic mass is 16.7. The molecule has 4 atom stereocenters. The van der Waals surface area contributed by atoms with Gasteiger partial charge in [-0.3, -0.25) is 0 Å². The Morgan fingerprint density at radius 2 is 2.35 bits per heavy atom. The van der Waals surface area contributed by atoms with Crippen LogP contribution in [0.1, 0.15) is 26.7 Å². The lowest BCUT2D eigenvalue weighted by molar-refractivity contribution is -0.154. The van der Waals surface area contributed by atoms with Crippen LogP contribution < -0.4 is 5.48 Å². The summed E-state index contributed by atoms with van der Waals surface area (Å²) in [6, 6.07) is 0. The summed E-state index contributed by atoms with van der Waals surface area (Å²) in [7, 11) is 1.64. The molecule has 2 heterocycles. The number of piperidine rings is 1. The van der Waals surface area contributed by atoms with Crippen LogP contribution in [0.3, 0.4) is 0 Å². The van der Waals surface area contributed by atoms with Crippen molar-refractivity contribution in [1.82, 2.24) is 10.4 Å². The van der Waals surface area contributed by atoms with Gasteiger partial charge in [-0.1, -0.05) is 38.7 Å². The predicted molar refractivity (Wildman–Crippen MR) is 81.1 cm³/mol. The first kappa shape index (κ1) is 15.7. The topological polar surface area (TPSA) is 33.7 Å². The molecule has 0 amide bonds. The van der Waals surface area contributed by atoms with Crippen LogP contribution in [-0.4, -0.2) is 43.5 Å². The summed E-state index contributed by atoms with van der Waals surface area (Å²) >= 11 is 0. The minimum Gasteiger partial charge on any atom is -0.353 e. The van der Waals surface area contributed by atoms with E-state index in [0.717, 1.165) is 19.5 Å². The van der Waals surface area contributed by atoms with Crippen molar-refractivity contribution in [2.24, 2.45) is 11.8 Å². The Morgan fingerprint density at radius 3 is 3.00 bits per heavy atom. The van der Waals surface area contributed by atoms with Crippen molar-refractivity contribution in [2.75, 3.05) is 26.7 Å². The van der Waals surface area contributed by atoms with Crippen LogP contribution >= 0.6 is 0 Å². The van der Waals surface area contributed by atoms with Crippen LogP contribution in [0.25, 0.3) is 0 Å².